The summed E-state index contributed by atoms with van der Waals surface area (Å²) in [5.41, 5.74) is -0.318. The monoisotopic (exact) mass is 198 g/mol. The molecule has 2 heterocycles. The molecule has 1 atom stereocenters. The van der Waals surface area contributed by atoms with Gasteiger partial charge in [0.05, 0.1) is 6.73 Å². The molecule has 1 N–H and O–H groups in total. The first-order chi connectivity index (χ1) is 6.66. The van der Waals surface area contributed by atoms with E-state index in [0.717, 1.165) is 25.9 Å². The van der Waals surface area contributed by atoms with Crippen LogP contribution in [0.5, 0.6) is 0 Å². The standard InChI is InChI=1S/C10H18N2O2/c1-8(2)9(13)12-5-3-4-10(12)6-11-7-14-10/h8,11H,3-7H2,1-2H3. The van der Waals surface area contributed by atoms with Gasteiger partial charge < -0.3 is 9.64 Å². The van der Waals surface area contributed by atoms with E-state index in [2.05, 4.69) is 5.32 Å². The number of hydrogen-bond acceptors (Lipinski definition) is 3. The minimum absolute atomic E-state index is 0.0641. The zero-order chi connectivity index (χ0) is 10.2. The fourth-order valence-electron chi connectivity index (χ4n) is 2.29. The molecule has 0 aliphatic carbocycles. The molecule has 1 unspecified atom stereocenters. The fourth-order valence-corrected chi connectivity index (χ4v) is 2.29. The van der Waals surface area contributed by atoms with Gasteiger partial charge in [0.2, 0.25) is 5.91 Å². The molecule has 0 aromatic carbocycles. The van der Waals surface area contributed by atoms with Crippen LogP contribution in [0.2, 0.25) is 0 Å². The van der Waals surface area contributed by atoms with Crippen LogP contribution in [0.3, 0.4) is 0 Å². The number of nitrogens with one attached hydrogen (secondary N) is 1. The van der Waals surface area contributed by atoms with Gasteiger partial charge in [-0.3, -0.25) is 10.1 Å². The van der Waals surface area contributed by atoms with Crippen molar-refractivity contribution in [2.75, 3.05) is 19.8 Å². The Bertz CT molecular complexity index is 229. The summed E-state index contributed by atoms with van der Waals surface area (Å²) in [6.07, 6.45) is 2.03. The summed E-state index contributed by atoms with van der Waals surface area (Å²) in [6.45, 7) is 6.08. The summed E-state index contributed by atoms with van der Waals surface area (Å²) in [6, 6.07) is 0. The van der Waals surface area contributed by atoms with E-state index in [1.807, 2.05) is 18.7 Å². The fraction of sp³-hybridized carbons (Fsp3) is 0.900. The average Bonchev–Trinajstić information content (AvgIpc) is 2.76. The Morgan fingerprint density at radius 1 is 1.57 bits per heavy atom. The molecule has 0 aromatic heterocycles. The maximum Gasteiger partial charge on any atom is 0.227 e. The van der Waals surface area contributed by atoms with Gasteiger partial charge in [0.15, 0.2) is 5.72 Å². The molecule has 2 aliphatic rings. The van der Waals surface area contributed by atoms with E-state index in [4.69, 9.17) is 4.74 Å². The lowest BCUT2D eigenvalue weighted by Crippen LogP contribution is -2.51. The van der Waals surface area contributed by atoms with Crippen LogP contribution in [0.25, 0.3) is 0 Å². The number of hydrogen-bond donors (Lipinski definition) is 1. The summed E-state index contributed by atoms with van der Waals surface area (Å²) >= 11 is 0. The molecule has 4 nitrogen and oxygen atoms in total. The summed E-state index contributed by atoms with van der Waals surface area (Å²) < 4.78 is 5.68. The summed E-state index contributed by atoms with van der Waals surface area (Å²) in [4.78, 5) is 13.8. The van der Waals surface area contributed by atoms with Gasteiger partial charge in [0, 0.05) is 19.0 Å². The van der Waals surface area contributed by atoms with E-state index in [1.165, 1.54) is 0 Å². The third kappa shape index (κ3) is 1.42. The SMILES string of the molecule is CC(C)C(=O)N1CCCC12CNCO2. The molecule has 14 heavy (non-hydrogen) atoms. The average molecular weight is 198 g/mol. The van der Waals surface area contributed by atoms with Crippen molar-refractivity contribution < 1.29 is 9.53 Å². The number of carbonyl (C=O) groups excluding carboxylic acids is 1. The predicted molar refractivity (Wildman–Crippen MR) is 52.5 cm³/mol. The van der Waals surface area contributed by atoms with E-state index < -0.39 is 0 Å². The van der Waals surface area contributed by atoms with Crippen molar-refractivity contribution in [3.63, 3.8) is 0 Å². The van der Waals surface area contributed by atoms with Crippen LogP contribution >= 0.6 is 0 Å². The number of rotatable bonds is 1. The zero-order valence-corrected chi connectivity index (χ0v) is 8.88. The lowest BCUT2D eigenvalue weighted by Gasteiger charge is -2.34. The van der Waals surface area contributed by atoms with Crippen molar-refractivity contribution in [2.24, 2.45) is 5.92 Å². The predicted octanol–water partition coefficient (Wildman–Crippen LogP) is 0.538. The first kappa shape index (κ1) is 9.93. The molecule has 4 heteroatoms. The van der Waals surface area contributed by atoms with Crippen LogP contribution in [0.1, 0.15) is 26.7 Å². The molecular weight excluding hydrogens is 180 g/mol. The first-order valence-corrected chi connectivity index (χ1v) is 5.32. The van der Waals surface area contributed by atoms with Crippen molar-refractivity contribution in [3.8, 4) is 0 Å². The van der Waals surface area contributed by atoms with E-state index in [-0.39, 0.29) is 17.6 Å². The number of nitrogens with zero attached hydrogens (tertiary/aromatic N) is 1. The number of likely N-dealkylation sites (tertiary alicyclic amines) is 1. The molecule has 0 aromatic rings. The quantitative estimate of drug-likeness (QED) is 0.668. The van der Waals surface area contributed by atoms with Gasteiger partial charge in [-0.2, -0.15) is 0 Å². The minimum Gasteiger partial charge on any atom is -0.339 e. The normalized spacial score (nSPS) is 32.1. The lowest BCUT2D eigenvalue weighted by molar-refractivity contribution is -0.156. The number of carbonyl (C=O) groups is 1. The van der Waals surface area contributed by atoms with Crippen LogP contribution in [0.4, 0.5) is 0 Å². The second-order valence-electron chi connectivity index (χ2n) is 4.41. The van der Waals surface area contributed by atoms with Gasteiger partial charge in [-0.1, -0.05) is 13.8 Å². The Hall–Kier alpha value is -0.610. The van der Waals surface area contributed by atoms with Crippen molar-refractivity contribution in [1.29, 1.82) is 0 Å². The second-order valence-corrected chi connectivity index (χ2v) is 4.41. The molecule has 2 saturated heterocycles. The first-order valence-electron chi connectivity index (χ1n) is 5.32. The molecule has 0 radical (unpaired) electrons. The Labute approximate surface area is 84.6 Å². The van der Waals surface area contributed by atoms with Crippen molar-refractivity contribution in [3.05, 3.63) is 0 Å². The van der Waals surface area contributed by atoms with Crippen LogP contribution in [-0.2, 0) is 9.53 Å². The summed E-state index contributed by atoms with van der Waals surface area (Å²) in [5, 5.41) is 3.16. The molecule has 2 fully saturated rings. The topological polar surface area (TPSA) is 41.6 Å². The van der Waals surface area contributed by atoms with Gasteiger partial charge in [0.1, 0.15) is 0 Å². The molecular formula is C10H18N2O2. The van der Waals surface area contributed by atoms with Crippen LogP contribution in [0, 0.1) is 5.92 Å². The summed E-state index contributed by atoms with van der Waals surface area (Å²) in [5.74, 6) is 0.278. The molecule has 80 valence electrons. The smallest absolute Gasteiger partial charge is 0.227 e. The highest BCUT2D eigenvalue weighted by Gasteiger charge is 2.47. The van der Waals surface area contributed by atoms with E-state index in [0.29, 0.717) is 6.73 Å². The molecule has 2 aliphatic heterocycles. The van der Waals surface area contributed by atoms with E-state index in [1.54, 1.807) is 0 Å². The van der Waals surface area contributed by atoms with E-state index >= 15 is 0 Å². The minimum atomic E-state index is -0.318. The largest absolute Gasteiger partial charge is 0.339 e. The number of amides is 1. The van der Waals surface area contributed by atoms with Gasteiger partial charge in [-0.15, -0.1) is 0 Å². The lowest BCUT2D eigenvalue weighted by atomic mass is 10.1. The van der Waals surface area contributed by atoms with Gasteiger partial charge >= 0.3 is 0 Å². The van der Waals surface area contributed by atoms with Crippen molar-refractivity contribution >= 4 is 5.91 Å². The summed E-state index contributed by atoms with van der Waals surface area (Å²) in [7, 11) is 0. The Kier molecular flexibility index (Phi) is 2.49. The van der Waals surface area contributed by atoms with Gasteiger partial charge in [0.25, 0.3) is 0 Å². The molecule has 0 saturated carbocycles. The Balaban J connectivity index is 2.14. The highest BCUT2D eigenvalue weighted by molar-refractivity contribution is 5.79. The van der Waals surface area contributed by atoms with Crippen molar-refractivity contribution in [2.45, 2.75) is 32.4 Å². The van der Waals surface area contributed by atoms with E-state index in [9.17, 15) is 4.79 Å². The van der Waals surface area contributed by atoms with Gasteiger partial charge in [-0.25, -0.2) is 0 Å². The highest BCUT2D eigenvalue weighted by Crippen LogP contribution is 2.33. The van der Waals surface area contributed by atoms with Crippen LogP contribution in [0.15, 0.2) is 0 Å². The van der Waals surface area contributed by atoms with Crippen LogP contribution < -0.4 is 5.32 Å². The van der Waals surface area contributed by atoms with Crippen LogP contribution in [-0.4, -0.2) is 36.4 Å². The molecule has 1 spiro atoms. The molecule has 0 bridgehead atoms. The second kappa shape index (κ2) is 3.51. The molecule has 2 rings (SSSR count). The Morgan fingerprint density at radius 3 is 2.93 bits per heavy atom. The van der Waals surface area contributed by atoms with Crippen molar-refractivity contribution in [1.82, 2.24) is 10.2 Å². The maximum atomic E-state index is 11.9. The Morgan fingerprint density at radius 2 is 2.36 bits per heavy atom. The number of ether oxygens (including phenoxy) is 1. The third-order valence-electron chi connectivity index (χ3n) is 3.05. The highest BCUT2D eigenvalue weighted by atomic mass is 16.5. The zero-order valence-electron chi connectivity index (χ0n) is 8.88. The molecule has 1 amide bonds. The third-order valence-corrected chi connectivity index (χ3v) is 3.05. The van der Waals surface area contributed by atoms with Gasteiger partial charge in [-0.05, 0) is 12.8 Å². The maximum absolute atomic E-state index is 11.9.